The van der Waals surface area contributed by atoms with Crippen LogP contribution in [0, 0.1) is 5.92 Å². The summed E-state index contributed by atoms with van der Waals surface area (Å²) in [4.78, 5) is 11.1. The van der Waals surface area contributed by atoms with E-state index < -0.39 is 0 Å². The van der Waals surface area contributed by atoms with Crippen LogP contribution < -0.4 is 5.32 Å². The van der Waals surface area contributed by atoms with Gasteiger partial charge in [-0.1, -0.05) is 37.3 Å². The zero-order chi connectivity index (χ0) is 10.7. The number of nitrogens with one attached hydrogen (secondary N) is 1. The van der Waals surface area contributed by atoms with Crippen molar-refractivity contribution in [3.8, 4) is 0 Å². The number of ether oxygens (including phenoxy) is 1. The molecular formula is C12H15NO2. The van der Waals surface area contributed by atoms with E-state index in [0.717, 1.165) is 6.54 Å². The van der Waals surface area contributed by atoms with E-state index in [-0.39, 0.29) is 17.9 Å². The number of benzene rings is 1. The predicted molar refractivity (Wildman–Crippen MR) is 57.2 cm³/mol. The van der Waals surface area contributed by atoms with Crippen LogP contribution in [-0.2, 0) is 16.1 Å². The Labute approximate surface area is 89.4 Å². The molecule has 1 aromatic rings. The maximum atomic E-state index is 11.1. The number of carbonyl (C=O) groups is 1. The lowest BCUT2D eigenvalue weighted by Crippen LogP contribution is -2.34. The molecule has 0 bridgehead atoms. The van der Waals surface area contributed by atoms with Crippen molar-refractivity contribution in [1.82, 2.24) is 5.32 Å². The van der Waals surface area contributed by atoms with Crippen molar-refractivity contribution in [3.05, 3.63) is 35.9 Å². The number of rotatable bonds is 3. The summed E-state index contributed by atoms with van der Waals surface area (Å²) in [5, 5.41) is 3.33. The van der Waals surface area contributed by atoms with Gasteiger partial charge in [0.05, 0.1) is 12.0 Å². The number of esters is 1. The maximum Gasteiger partial charge on any atom is 0.310 e. The minimum absolute atomic E-state index is 0.0336. The highest BCUT2D eigenvalue weighted by Gasteiger charge is 2.32. The molecule has 0 amide bonds. The second-order valence-corrected chi connectivity index (χ2v) is 3.89. The highest BCUT2D eigenvalue weighted by molar-refractivity contribution is 5.74. The van der Waals surface area contributed by atoms with Crippen molar-refractivity contribution in [1.29, 1.82) is 0 Å². The lowest BCUT2D eigenvalue weighted by atomic mass is 10.1. The molecule has 1 aliphatic rings. The first-order valence-electron chi connectivity index (χ1n) is 5.21. The van der Waals surface area contributed by atoms with Crippen LogP contribution in [0.2, 0.25) is 0 Å². The molecular weight excluding hydrogens is 190 g/mol. The first-order chi connectivity index (χ1) is 7.27. The third-order valence-electron chi connectivity index (χ3n) is 2.79. The SMILES string of the molecule is CC1C(=O)OCC1NCc1ccccc1. The highest BCUT2D eigenvalue weighted by atomic mass is 16.5. The lowest BCUT2D eigenvalue weighted by Gasteiger charge is -2.12. The third kappa shape index (κ3) is 2.36. The quantitative estimate of drug-likeness (QED) is 0.757. The molecule has 0 aromatic heterocycles. The van der Waals surface area contributed by atoms with Gasteiger partial charge in [-0.2, -0.15) is 0 Å². The van der Waals surface area contributed by atoms with E-state index in [1.807, 2.05) is 25.1 Å². The van der Waals surface area contributed by atoms with Gasteiger partial charge < -0.3 is 10.1 Å². The van der Waals surface area contributed by atoms with Gasteiger partial charge in [0.1, 0.15) is 6.61 Å². The van der Waals surface area contributed by atoms with E-state index >= 15 is 0 Å². The van der Waals surface area contributed by atoms with Gasteiger partial charge in [0, 0.05) is 6.54 Å². The van der Waals surface area contributed by atoms with Gasteiger partial charge in [-0.05, 0) is 5.56 Å². The van der Waals surface area contributed by atoms with Crippen molar-refractivity contribution in [3.63, 3.8) is 0 Å². The fourth-order valence-electron chi connectivity index (χ4n) is 1.69. The minimum Gasteiger partial charge on any atom is -0.464 e. The van der Waals surface area contributed by atoms with Crippen molar-refractivity contribution in [2.45, 2.75) is 19.5 Å². The summed E-state index contributed by atoms with van der Waals surface area (Å²) in [6.45, 7) is 3.18. The number of hydrogen-bond donors (Lipinski definition) is 1. The highest BCUT2D eigenvalue weighted by Crippen LogP contribution is 2.14. The lowest BCUT2D eigenvalue weighted by molar-refractivity contribution is -0.140. The molecule has 1 aromatic carbocycles. The smallest absolute Gasteiger partial charge is 0.310 e. The van der Waals surface area contributed by atoms with Crippen LogP contribution >= 0.6 is 0 Å². The monoisotopic (exact) mass is 205 g/mol. The van der Waals surface area contributed by atoms with Crippen molar-refractivity contribution in [2.75, 3.05) is 6.61 Å². The minimum atomic E-state index is -0.0967. The van der Waals surface area contributed by atoms with E-state index in [1.165, 1.54) is 5.56 Å². The Hall–Kier alpha value is -1.35. The van der Waals surface area contributed by atoms with Gasteiger partial charge in [0.2, 0.25) is 0 Å². The zero-order valence-corrected chi connectivity index (χ0v) is 8.77. The third-order valence-corrected chi connectivity index (χ3v) is 2.79. The van der Waals surface area contributed by atoms with Gasteiger partial charge >= 0.3 is 5.97 Å². The standard InChI is InChI=1S/C12H15NO2/c1-9-11(8-15-12(9)14)13-7-10-5-3-2-4-6-10/h2-6,9,11,13H,7-8H2,1H3. The van der Waals surface area contributed by atoms with Gasteiger partial charge in [0.15, 0.2) is 0 Å². The molecule has 3 nitrogen and oxygen atoms in total. The molecule has 1 aliphatic heterocycles. The molecule has 0 saturated carbocycles. The zero-order valence-electron chi connectivity index (χ0n) is 8.77. The largest absolute Gasteiger partial charge is 0.464 e. The molecule has 0 spiro atoms. The summed E-state index contributed by atoms with van der Waals surface area (Å²) in [7, 11) is 0. The molecule has 15 heavy (non-hydrogen) atoms. The van der Waals surface area contributed by atoms with E-state index in [4.69, 9.17) is 4.74 Å². The van der Waals surface area contributed by atoms with Gasteiger partial charge in [-0.15, -0.1) is 0 Å². The molecule has 3 heteroatoms. The van der Waals surface area contributed by atoms with Crippen LogP contribution in [0.3, 0.4) is 0 Å². The molecule has 2 rings (SSSR count). The maximum absolute atomic E-state index is 11.1. The van der Waals surface area contributed by atoms with Gasteiger partial charge in [-0.25, -0.2) is 0 Å². The molecule has 0 aliphatic carbocycles. The Morgan fingerprint density at radius 3 is 2.73 bits per heavy atom. The Kier molecular flexibility index (Phi) is 3.02. The average molecular weight is 205 g/mol. The number of hydrogen-bond acceptors (Lipinski definition) is 3. The van der Waals surface area contributed by atoms with Crippen molar-refractivity contribution >= 4 is 5.97 Å². The molecule has 2 atom stereocenters. The topological polar surface area (TPSA) is 38.3 Å². The van der Waals surface area contributed by atoms with E-state index in [2.05, 4.69) is 17.4 Å². The molecule has 0 radical (unpaired) electrons. The summed E-state index contributed by atoms with van der Waals surface area (Å²) in [6.07, 6.45) is 0. The molecule has 1 fully saturated rings. The van der Waals surface area contributed by atoms with Crippen molar-refractivity contribution in [2.24, 2.45) is 5.92 Å². The molecule has 1 saturated heterocycles. The first kappa shape index (κ1) is 10.2. The first-order valence-corrected chi connectivity index (χ1v) is 5.21. The Morgan fingerprint density at radius 2 is 2.13 bits per heavy atom. The Balaban J connectivity index is 1.87. The summed E-state index contributed by atoms with van der Waals surface area (Å²) in [5.41, 5.74) is 1.23. The molecule has 1 N–H and O–H groups in total. The van der Waals surface area contributed by atoms with Gasteiger partial charge in [-0.3, -0.25) is 4.79 Å². The fraction of sp³-hybridized carbons (Fsp3) is 0.417. The van der Waals surface area contributed by atoms with Crippen molar-refractivity contribution < 1.29 is 9.53 Å². The van der Waals surface area contributed by atoms with Crippen LogP contribution in [0.25, 0.3) is 0 Å². The molecule has 2 unspecified atom stereocenters. The average Bonchev–Trinajstić information content (AvgIpc) is 2.59. The summed E-state index contributed by atoms with van der Waals surface area (Å²) >= 11 is 0. The number of cyclic esters (lactones) is 1. The van der Waals surface area contributed by atoms with Crippen LogP contribution in [0.4, 0.5) is 0 Å². The summed E-state index contributed by atoms with van der Waals surface area (Å²) in [6, 6.07) is 10.3. The number of carbonyl (C=O) groups excluding carboxylic acids is 1. The second kappa shape index (κ2) is 4.45. The van der Waals surface area contributed by atoms with Crippen LogP contribution in [0.15, 0.2) is 30.3 Å². The van der Waals surface area contributed by atoms with Crippen LogP contribution in [-0.4, -0.2) is 18.6 Å². The Morgan fingerprint density at radius 1 is 1.40 bits per heavy atom. The van der Waals surface area contributed by atoms with Crippen LogP contribution in [0.5, 0.6) is 0 Å². The van der Waals surface area contributed by atoms with E-state index in [0.29, 0.717) is 6.61 Å². The Bertz CT molecular complexity index is 337. The van der Waals surface area contributed by atoms with E-state index in [9.17, 15) is 4.79 Å². The normalized spacial score (nSPS) is 25.3. The van der Waals surface area contributed by atoms with E-state index in [1.54, 1.807) is 0 Å². The van der Waals surface area contributed by atoms with Crippen LogP contribution in [0.1, 0.15) is 12.5 Å². The molecule has 1 heterocycles. The predicted octanol–water partition coefficient (Wildman–Crippen LogP) is 1.34. The second-order valence-electron chi connectivity index (χ2n) is 3.89. The summed E-state index contributed by atoms with van der Waals surface area (Å²) < 4.78 is 4.96. The fourth-order valence-corrected chi connectivity index (χ4v) is 1.69. The van der Waals surface area contributed by atoms with Gasteiger partial charge in [0.25, 0.3) is 0 Å². The summed E-state index contributed by atoms with van der Waals surface area (Å²) in [5.74, 6) is -0.130. The molecule has 80 valence electrons.